The van der Waals surface area contributed by atoms with Gasteiger partial charge in [0.05, 0.1) is 26.6 Å². The second kappa shape index (κ2) is 5.37. The van der Waals surface area contributed by atoms with Crippen molar-refractivity contribution in [3.05, 3.63) is 47.0 Å². The summed E-state index contributed by atoms with van der Waals surface area (Å²) in [5.74, 6) is 0. The molecule has 0 saturated carbocycles. The molecule has 1 heterocycles. The number of thiazole rings is 1. The second-order valence-corrected chi connectivity index (χ2v) is 6.43. The Balaban J connectivity index is 2.11. The Morgan fingerprint density at radius 2 is 1.86 bits per heavy atom. The van der Waals surface area contributed by atoms with Gasteiger partial charge in [0.15, 0.2) is 0 Å². The van der Waals surface area contributed by atoms with E-state index in [1.165, 1.54) is 5.56 Å². The summed E-state index contributed by atoms with van der Waals surface area (Å²) in [4.78, 5) is 6.80. The van der Waals surface area contributed by atoms with E-state index in [0.717, 1.165) is 38.8 Å². The van der Waals surface area contributed by atoms with Crippen LogP contribution in [-0.2, 0) is 0 Å². The second-order valence-electron chi connectivity index (χ2n) is 5.19. The van der Waals surface area contributed by atoms with Gasteiger partial charge in [-0.3, -0.25) is 0 Å². The number of nitrogens with zero attached hydrogens (tertiary/aromatic N) is 2. The van der Waals surface area contributed by atoms with E-state index in [9.17, 15) is 0 Å². The molecule has 0 aliphatic carbocycles. The predicted octanol–water partition coefficient (Wildman–Crippen LogP) is 4.65. The smallest absolute Gasteiger partial charge is 0.0907 e. The average Bonchev–Trinajstić information content (AvgIpc) is 2.81. The van der Waals surface area contributed by atoms with Gasteiger partial charge in [0.25, 0.3) is 0 Å². The van der Waals surface area contributed by atoms with Gasteiger partial charge in [-0.25, -0.2) is 4.98 Å². The van der Waals surface area contributed by atoms with Crippen LogP contribution < -0.4 is 10.6 Å². The molecular weight excluding hydrogens is 278 g/mol. The maximum absolute atomic E-state index is 6.28. The van der Waals surface area contributed by atoms with Crippen molar-refractivity contribution in [1.82, 2.24) is 4.98 Å². The fraction of sp³-hybridized carbons (Fsp3) is 0.235. The van der Waals surface area contributed by atoms with Crippen molar-refractivity contribution >= 4 is 38.6 Å². The minimum absolute atomic E-state index is 0.800. The van der Waals surface area contributed by atoms with Crippen LogP contribution in [0.2, 0.25) is 0 Å². The standard InChI is InChI=1S/C17H19N3S/c1-4-20(13-7-5-11(2)6-8-13)16-10-15-17(9-14(16)18)21-12(3)19-15/h5-10H,4,18H2,1-3H3. The minimum atomic E-state index is 0.800. The van der Waals surface area contributed by atoms with Crippen molar-refractivity contribution in [2.24, 2.45) is 0 Å². The number of nitrogen functional groups attached to an aromatic ring is 1. The van der Waals surface area contributed by atoms with Gasteiger partial charge in [-0.05, 0) is 45.0 Å². The summed E-state index contributed by atoms with van der Waals surface area (Å²) in [6.45, 7) is 7.12. The zero-order valence-corrected chi connectivity index (χ0v) is 13.4. The van der Waals surface area contributed by atoms with Gasteiger partial charge in [0, 0.05) is 12.2 Å². The Morgan fingerprint density at radius 1 is 1.14 bits per heavy atom. The van der Waals surface area contributed by atoms with Crippen molar-refractivity contribution in [2.45, 2.75) is 20.8 Å². The molecule has 0 fully saturated rings. The summed E-state index contributed by atoms with van der Waals surface area (Å²) < 4.78 is 1.15. The molecule has 1 aromatic heterocycles. The van der Waals surface area contributed by atoms with E-state index < -0.39 is 0 Å². The molecule has 108 valence electrons. The van der Waals surface area contributed by atoms with Crippen LogP contribution in [0.15, 0.2) is 36.4 Å². The van der Waals surface area contributed by atoms with E-state index in [4.69, 9.17) is 5.73 Å². The molecule has 4 heteroatoms. The van der Waals surface area contributed by atoms with E-state index in [0.29, 0.717) is 0 Å². The number of fused-ring (bicyclic) bond motifs is 1. The molecule has 0 unspecified atom stereocenters. The molecule has 2 N–H and O–H groups in total. The van der Waals surface area contributed by atoms with Crippen LogP contribution in [0.3, 0.4) is 0 Å². The maximum atomic E-state index is 6.28. The highest BCUT2D eigenvalue weighted by Crippen LogP contribution is 2.35. The van der Waals surface area contributed by atoms with E-state index in [-0.39, 0.29) is 0 Å². The van der Waals surface area contributed by atoms with E-state index in [1.54, 1.807) is 11.3 Å². The number of benzene rings is 2. The van der Waals surface area contributed by atoms with Crippen LogP contribution in [0, 0.1) is 13.8 Å². The predicted molar refractivity (Wildman–Crippen MR) is 92.6 cm³/mol. The number of nitrogens with two attached hydrogens (primary N) is 1. The molecule has 0 atom stereocenters. The van der Waals surface area contributed by atoms with Gasteiger partial charge < -0.3 is 10.6 Å². The highest BCUT2D eigenvalue weighted by Gasteiger charge is 2.13. The largest absolute Gasteiger partial charge is 0.397 e. The summed E-state index contributed by atoms with van der Waals surface area (Å²) in [5.41, 5.74) is 11.5. The van der Waals surface area contributed by atoms with Gasteiger partial charge in [0.2, 0.25) is 0 Å². The van der Waals surface area contributed by atoms with Crippen LogP contribution in [0.25, 0.3) is 10.2 Å². The third kappa shape index (κ3) is 2.59. The molecule has 0 saturated heterocycles. The highest BCUT2D eigenvalue weighted by atomic mass is 32.1. The Kier molecular flexibility index (Phi) is 3.55. The van der Waals surface area contributed by atoms with Crippen molar-refractivity contribution in [3.8, 4) is 0 Å². The zero-order chi connectivity index (χ0) is 15.0. The molecule has 0 radical (unpaired) electrons. The minimum Gasteiger partial charge on any atom is -0.397 e. The highest BCUT2D eigenvalue weighted by molar-refractivity contribution is 7.18. The van der Waals surface area contributed by atoms with Crippen molar-refractivity contribution in [2.75, 3.05) is 17.2 Å². The normalized spacial score (nSPS) is 11.0. The van der Waals surface area contributed by atoms with Gasteiger partial charge in [0.1, 0.15) is 0 Å². The number of anilines is 3. The van der Waals surface area contributed by atoms with Crippen LogP contribution in [0.5, 0.6) is 0 Å². The summed E-state index contributed by atoms with van der Waals surface area (Å²) in [7, 11) is 0. The van der Waals surface area contributed by atoms with Crippen LogP contribution in [-0.4, -0.2) is 11.5 Å². The third-order valence-electron chi connectivity index (χ3n) is 3.60. The lowest BCUT2D eigenvalue weighted by Crippen LogP contribution is -2.17. The van der Waals surface area contributed by atoms with Crippen LogP contribution >= 0.6 is 11.3 Å². The Morgan fingerprint density at radius 3 is 2.52 bits per heavy atom. The van der Waals surface area contributed by atoms with Crippen LogP contribution in [0.1, 0.15) is 17.5 Å². The molecule has 0 aliphatic rings. The number of aryl methyl sites for hydroxylation is 2. The van der Waals surface area contributed by atoms with Crippen molar-refractivity contribution < 1.29 is 0 Å². The Labute approximate surface area is 129 Å². The average molecular weight is 297 g/mol. The molecule has 0 amide bonds. The molecule has 3 rings (SSSR count). The van der Waals surface area contributed by atoms with E-state index >= 15 is 0 Å². The first kappa shape index (κ1) is 13.9. The maximum Gasteiger partial charge on any atom is 0.0907 e. The summed E-state index contributed by atoms with van der Waals surface area (Å²) in [6, 6.07) is 12.6. The van der Waals surface area contributed by atoms with Gasteiger partial charge in [-0.1, -0.05) is 17.7 Å². The Hall–Kier alpha value is -2.07. The molecule has 0 bridgehead atoms. The van der Waals surface area contributed by atoms with Crippen molar-refractivity contribution in [1.29, 1.82) is 0 Å². The monoisotopic (exact) mass is 297 g/mol. The first-order valence-corrected chi connectivity index (χ1v) is 7.91. The van der Waals surface area contributed by atoms with Gasteiger partial charge >= 0.3 is 0 Å². The molecule has 0 aliphatic heterocycles. The number of hydrogen-bond donors (Lipinski definition) is 1. The number of aromatic nitrogens is 1. The molecule has 3 nitrogen and oxygen atoms in total. The summed E-state index contributed by atoms with van der Waals surface area (Å²) in [5, 5.41) is 1.07. The molecule has 0 spiro atoms. The molecule has 21 heavy (non-hydrogen) atoms. The summed E-state index contributed by atoms with van der Waals surface area (Å²) in [6.07, 6.45) is 0. The zero-order valence-electron chi connectivity index (χ0n) is 12.6. The molecule has 2 aromatic carbocycles. The van der Waals surface area contributed by atoms with E-state index in [2.05, 4.69) is 54.1 Å². The Bertz CT molecular complexity index is 775. The fourth-order valence-corrected chi connectivity index (χ4v) is 3.40. The topological polar surface area (TPSA) is 42.2 Å². The van der Waals surface area contributed by atoms with Gasteiger partial charge in [-0.15, -0.1) is 11.3 Å². The summed E-state index contributed by atoms with van der Waals surface area (Å²) >= 11 is 1.68. The SMILES string of the molecule is CCN(c1ccc(C)cc1)c1cc2nc(C)sc2cc1N. The van der Waals surface area contributed by atoms with Crippen LogP contribution in [0.4, 0.5) is 17.1 Å². The first-order valence-electron chi connectivity index (χ1n) is 7.09. The van der Waals surface area contributed by atoms with E-state index in [1.807, 2.05) is 13.0 Å². The lowest BCUT2D eigenvalue weighted by molar-refractivity contribution is 1.03. The third-order valence-corrected chi connectivity index (χ3v) is 4.53. The van der Waals surface area contributed by atoms with Gasteiger partial charge in [-0.2, -0.15) is 0 Å². The lowest BCUT2D eigenvalue weighted by Gasteiger charge is -2.25. The number of rotatable bonds is 3. The first-order chi connectivity index (χ1) is 10.1. The fourth-order valence-electron chi connectivity index (χ4n) is 2.54. The quantitative estimate of drug-likeness (QED) is 0.715. The van der Waals surface area contributed by atoms with Crippen molar-refractivity contribution in [3.63, 3.8) is 0 Å². The molecular formula is C17H19N3S. The molecule has 3 aromatic rings. The lowest BCUT2D eigenvalue weighted by atomic mass is 10.1. The number of hydrogen-bond acceptors (Lipinski definition) is 4.